The van der Waals surface area contributed by atoms with Crippen molar-refractivity contribution in [1.82, 2.24) is 24.3 Å². The number of hydrogen-bond acceptors (Lipinski definition) is 6. The average Bonchev–Trinajstić information content (AvgIpc) is 3.06. The lowest BCUT2D eigenvalue weighted by atomic mass is 10.1. The first-order chi connectivity index (χ1) is 13.7. The number of imidazole rings is 1. The van der Waals surface area contributed by atoms with E-state index < -0.39 is 0 Å². The van der Waals surface area contributed by atoms with Crippen LogP contribution in [0, 0.1) is 0 Å². The van der Waals surface area contributed by atoms with Gasteiger partial charge in [-0.15, -0.1) is 0 Å². The molecule has 8 nitrogen and oxygen atoms in total. The second-order valence-corrected chi connectivity index (χ2v) is 7.06. The van der Waals surface area contributed by atoms with Gasteiger partial charge in [0, 0.05) is 38.4 Å². The predicted molar refractivity (Wildman–Crippen MR) is 111 cm³/mol. The first kappa shape index (κ1) is 20.4. The van der Waals surface area contributed by atoms with Gasteiger partial charge in [-0.05, 0) is 45.0 Å². The maximum absolute atomic E-state index is 11.9. The Labute approximate surface area is 166 Å². The molecule has 0 aromatic carbocycles. The Bertz CT molecular complexity index is 765. The highest BCUT2D eigenvalue weighted by molar-refractivity contribution is 5.74. The maximum Gasteiger partial charge on any atom is 0.409 e. The minimum atomic E-state index is -0.211. The fraction of sp³-hybridized carbons (Fsp3) is 0.650. The highest BCUT2D eigenvalue weighted by Gasteiger charge is 2.25. The number of fused-ring (bicyclic) bond motifs is 1. The summed E-state index contributed by atoms with van der Waals surface area (Å²) in [5, 5.41) is 3.60. The number of rotatable bonds is 8. The van der Waals surface area contributed by atoms with Crippen LogP contribution in [0.3, 0.4) is 0 Å². The van der Waals surface area contributed by atoms with Gasteiger partial charge in [-0.2, -0.15) is 0 Å². The van der Waals surface area contributed by atoms with E-state index in [0.717, 1.165) is 56.1 Å². The number of nitrogens with one attached hydrogen (secondary N) is 1. The van der Waals surface area contributed by atoms with E-state index in [2.05, 4.69) is 33.6 Å². The van der Waals surface area contributed by atoms with Gasteiger partial charge in [0.25, 0.3) is 0 Å². The summed E-state index contributed by atoms with van der Waals surface area (Å²) in [7, 11) is 0. The third-order valence-electron chi connectivity index (χ3n) is 5.39. The zero-order valence-electron chi connectivity index (χ0n) is 17.2. The van der Waals surface area contributed by atoms with Gasteiger partial charge in [0.1, 0.15) is 5.52 Å². The van der Waals surface area contributed by atoms with Crippen LogP contribution in [0.15, 0.2) is 18.3 Å². The summed E-state index contributed by atoms with van der Waals surface area (Å²) in [6.45, 7) is 11.9. The monoisotopic (exact) mass is 388 g/mol. The number of nitrogens with zero attached hydrogens (tertiary/aromatic N) is 5. The summed E-state index contributed by atoms with van der Waals surface area (Å²) < 4.78 is 7.29. The molecule has 0 aliphatic carbocycles. The third kappa shape index (κ3) is 4.73. The van der Waals surface area contributed by atoms with E-state index in [9.17, 15) is 4.79 Å². The van der Waals surface area contributed by atoms with Crippen molar-refractivity contribution in [2.45, 2.75) is 46.2 Å². The molecular formula is C20H32N6O2. The topological polar surface area (TPSA) is 75.5 Å². The Morgan fingerprint density at radius 2 is 2.04 bits per heavy atom. The summed E-state index contributed by atoms with van der Waals surface area (Å²) in [6.07, 6.45) is 3.37. The van der Waals surface area contributed by atoms with Gasteiger partial charge in [0.05, 0.1) is 6.61 Å². The standard InChI is InChI=1S/C20H32N6O2/c1-4-24(5-2)14-15-26-18-17(8-7-11-21-18)23-19(26)22-16-9-12-25(13-10-16)20(27)28-6-3/h7-8,11,16H,4-6,9-10,12-15H2,1-3H3,(H,22,23). The molecule has 0 atom stereocenters. The lowest BCUT2D eigenvalue weighted by Crippen LogP contribution is -2.43. The molecule has 2 aromatic heterocycles. The van der Waals surface area contributed by atoms with Crippen LogP contribution in [0.25, 0.3) is 11.2 Å². The third-order valence-corrected chi connectivity index (χ3v) is 5.39. The van der Waals surface area contributed by atoms with Crippen molar-refractivity contribution in [3.63, 3.8) is 0 Å². The highest BCUT2D eigenvalue weighted by atomic mass is 16.6. The SMILES string of the molecule is CCOC(=O)N1CCC(Nc2nc3cccnc3n2CCN(CC)CC)CC1. The largest absolute Gasteiger partial charge is 0.450 e. The van der Waals surface area contributed by atoms with E-state index in [1.807, 2.05) is 25.3 Å². The second-order valence-electron chi connectivity index (χ2n) is 7.06. The Kier molecular flexibility index (Phi) is 7.08. The van der Waals surface area contributed by atoms with E-state index in [-0.39, 0.29) is 12.1 Å². The Morgan fingerprint density at radius 1 is 1.29 bits per heavy atom. The van der Waals surface area contributed by atoms with E-state index >= 15 is 0 Å². The molecule has 0 unspecified atom stereocenters. The lowest BCUT2D eigenvalue weighted by Gasteiger charge is -2.32. The number of aromatic nitrogens is 3. The molecule has 0 bridgehead atoms. The van der Waals surface area contributed by atoms with Crippen LogP contribution >= 0.6 is 0 Å². The fourth-order valence-electron chi connectivity index (χ4n) is 3.67. The summed E-state index contributed by atoms with van der Waals surface area (Å²) >= 11 is 0. The number of ether oxygens (including phenoxy) is 1. The molecule has 28 heavy (non-hydrogen) atoms. The summed E-state index contributed by atoms with van der Waals surface area (Å²) in [5.41, 5.74) is 1.83. The molecule has 1 fully saturated rings. The number of carbonyl (C=O) groups is 1. The second kappa shape index (κ2) is 9.73. The minimum Gasteiger partial charge on any atom is -0.450 e. The number of likely N-dealkylation sites (N-methyl/N-ethyl adjacent to an activating group) is 1. The zero-order chi connectivity index (χ0) is 19.9. The maximum atomic E-state index is 11.9. The highest BCUT2D eigenvalue weighted by Crippen LogP contribution is 2.21. The van der Waals surface area contributed by atoms with Gasteiger partial charge in [-0.3, -0.25) is 4.57 Å². The summed E-state index contributed by atoms with van der Waals surface area (Å²) in [6, 6.07) is 4.21. The molecule has 0 radical (unpaired) electrons. The van der Waals surface area contributed by atoms with Gasteiger partial charge < -0.3 is 19.9 Å². The Hall–Kier alpha value is -2.35. The van der Waals surface area contributed by atoms with Crippen LogP contribution < -0.4 is 5.32 Å². The molecular weight excluding hydrogens is 356 g/mol. The number of piperidine rings is 1. The number of pyridine rings is 1. The van der Waals surface area contributed by atoms with E-state index in [0.29, 0.717) is 19.7 Å². The van der Waals surface area contributed by atoms with Gasteiger partial charge in [0.15, 0.2) is 5.65 Å². The van der Waals surface area contributed by atoms with E-state index in [1.54, 1.807) is 4.90 Å². The number of amides is 1. The number of carbonyl (C=O) groups excluding carboxylic acids is 1. The van der Waals surface area contributed by atoms with Crippen molar-refractivity contribution in [2.24, 2.45) is 0 Å². The molecule has 1 aliphatic heterocycles. The van der Waals surface area contributed by atoms with Gasteiger partial charge in [0.2, 0.25) is 5.95 Å². The van der Waals surface area contributed by atoms with Crippen LogP contribution in [-0.2, 0) is 11.3 Å². The molecule has 1 saturated heterocycles. The minimum absolute atomic E-state index is 0.211. The molecule has 3 heterocycles. The van der Waals surface area contributed by atoms with E-state index in [4.69, 9.17) is 9.72 Å². The first-order valence-electron chi connectivity index (χ1n) is 10.4. The number of likely N-dealkylation sites (tertiary alicyclic amines) is 1. The predicted octanol–water partition coefficient (Wildman–Crippen LogP) is 2.81. The van der Waals surface area contributed by atoms with Gasteiger partial charge >= 0.3 is 6.09 Å². The van der Waals surface area contributed by atoms with Crippen molar-refractivity contribution in [3.8, 4) is 0 Å². The molecule has 0 spiro atoms. The van der Waals surface area contributed by atoms with Gasteiger partial charge in [-0.25, -0.2) is 14.8 Å². The zero-order valence-corrected chi connectivity index (χ0v) is 17.2. The first-order valence-corrected chi connectivity index (χ1v) is 10.4. The molecule has 3 rings (SSSR count). The van der Waals surface area contributed by atoms with Gasteiger partial charge in [-0.1, -0.05) is 13.8 Å². The molecule has 1 aliphatic rings. The van der Waals surface area contributed by atoms with Crippen LogP contribution in [0.4, 0.5) is 10.7 Å². The Morgan fingerprint density at radius 3 is 2.71 bits per heavy atom. The molecule has 1 amide bonds. The Balaban J connectivity index is 1.69. The number of hydrogen-bond donors (Lipinski definition) is 1. The molecule has 8 heteroatoms. The van der Waals surface area contributed by atoms with Crippen molar-refractivity contribution < 1.29 is 9.53 Å². The quantitative estimate of drug-likeness (QED) is 0.749. The van der Waals surface area contributed by atoms with Crippen LogP contribution in [0.5, 0.6) is 0 Å². The molecule has 0 saturated carbocycles. The van der Waals surface area contributed by atoms with Crippen molar-refractivity contribution >= 4 is 23.2 Å². The normalized spacial score (nSPS) is 15.4. The molecule has 1 N–H and O–H groups in total. The fourth-order valence-corrected chi connectivity index (χ4v) is 3.67. The van der Waals surface area contributed by atoms with Crippen molar-refractivity contribution in [1.29, 1.82) is 0 Å². The van der Waals surface area contributed by atoms with Crippen molar-refractivity contribution in [3.05, 3.63) is 18.3 Å². The number of anilines is 1. The van der Waals surface area contributed by atoms with E-state index in [1.165, 1.54) is 0 Å². The average molecular weight is 389 g/mol. The smallest absolute Gasteiger partial charge is 0.409 e. The van der Waals surface area contributed by atoms with Crippen LogP contribution in [0.2, 0.25) is 0 Å². The van der Waals surface area contributed by atoms with Crippen molar-refractivity contribution in [2.75, 3.05) is 44.6 Å². The molecule has 154 valence electrons. The van der Waals surface area contributed by atoms with Crippen LogP contribution in [0.1, 0.15) is 33.6 Å². The summed E-state index contributed by atoms with van der Waals surface area (Å²) in [4.78, 5) is 25.4. The lowest BCUT2D eigenvalue weighted by molar-refractivity contribution is 0.0983. The van der Waals surface area contributed by atoms with Crippen LogP contribution in [-0.4, -0.2) is 75.8 Å². The summed E-state index contributed by atoms with van der Waals surface area (Å²) in [5.74, 6) is 0.871. The molecule has 2 aromatic rings.